The lowest BCUT2D eigenvalue weighted by atomic mass is 9.85. The first-order chi connectivity index (χ1) is 14.0. The van der Waals surface area contributed by atoms with Crippen molar-refractivity contribution in [2.45, 2.75) is 32.4 Å². The van der Waals surface area contributed by atoms with Gasteiger partial charge in [0.05, 0.1) is 11.8 Å². The van der Waals surface area contributed by atoms with Gasteiger partial charge in [-0.15, -0.1) is 0 Å². The lowest BCUT2D eigenvalue weighted by Crippen LogP contribution is -2.44. The molecule has 1 fully saturated rings. The number of hydrogen-bond donors (Lipinski definition) is 0. The highest BCUT2D eigenvalue weighted by molar-refractivity contribution is 6.30. The Labute approximate surface area is 171 Å². The zero-order valence-corrected chi connectivity index (χ0v) is 16.3. The molecule has 0 bridgehead atoms. The highest BCUT2D eigenvalue weighted by Gasteiger charge is 2.50. The number of allylic oxidation sites excluding steroid dienone is 2. The molecule has 1 aromatic carbocycles. The van der Waals surface area contributed by atoms with Gasteiger partial charge in [-0.3, -0.25) is 14.5 Å². The average molecular weight is 416 g/mol. The molecule has 1 aliphatic heterocycles. The number of imide groups is 1. The number of carbonyl (C=O) groups is 3. The number of halogens is 1. The summed E-state index contributed by atoms with van der Waals surface area (Å²) in [6.45, 7) is 1.23. The van der Waals surface area contributed by atoms with Gasteiger partial charge in [-0.25, -0.2) is 4.79 Å². The number of esters is 1. The summed E-state index contributed by atoms with van der Waals surface area (Å²) in [7, 11) is 0. The standard InChI is InChI=1S/C20H18ClN3O5/c1-11(24-18(25)14-4-2-3-5-15(14)19(24)26)20(27)28-10-16-22-17(23-29-16)12-6-8-13(21)9-7-12/h2-3,6-9,11,14-15H,4-5,10H2,1H3/t11-,14-,15-/m0/s1. The number of hydrogen-bond acceptors (Lipinski definition) is 7. The molecule has 8 nitrogen and oxygen atoms in total. The molecule has 9 heteroatoms. The molecular formula is C20H18ClN3O5. The second-order valence-electron chi connectivity index (χ2n) is 7.00. The molecule has 2 heterocycles. The van der Waals surface area contributed by atoms with Crippen LogP contribution in [-0.2, 0) is 25.7 Å². The fourth-order valence-electron chi connectivity index (χ4n) is 3.60. The van der Waals surface area contributed by atoms with Crippen LogP contribution >= 0.6 is 11.6 Å². The van der Waals surface area contributed by atoms with Crippen LogP contribution in [0.4, 0.5) is 0 Å². The van der Waals surface area contributed by atoms with E-state index in [0.717, 1.165) is 4.90 Å². The molecule has 150 valence electrons. The van der Waals surface area contributed by atoms with E-state index < -0.39 is 12.0 Å². The van der Waals surface area contributed by atoms with Crippen molar-refractivity contribution in [1.29, 1.82) is 0 Å². The lowest BCUT2D eigenvalue weighted by Gasteiger charge is -2.21. The highest BCUT2D eigenvalue weighted by Crippen LogP contribution is 2.36. The Hall–Kier alpha value is -3.00. The number of ether oxygens (including phenoxy) is 1. The van der Waals surface area contributed by atoms with Crippen molar-refractivity contribution in [3.05, 3.63) is 47.3 Å². The van der Waals surface area contributed by atoms with Gasteiger partial charge in [0.25, 0.3) is 5.89 Å². The molecule has 29 heavy (non-hydrogen) atoms. The number of fused-ring (bicyclic) bond motifs is 1. The van der Waals surface area contributed by atoms with E-state index in [9.17, 15) is 14.4 Å². The van der Waals surface area contributed by atoms with Gasteiger partial charge in [0.15, 0.2) is 6.61 Å². The summed E-state index contributed by atoms with van der Waals surface area (Å²) >= 11 is 5.86. The number of carbonyl (C=O) groups excluding carboxylic acids is 3. The third-order valence-corrected chi connectivity index (χ3v) is 5.43. The average Bonchev–Trinajstić information content (AvgIpc) is 3.30. The second-order valence-corrected chi connectivity index (χ2v) is 7.44. The van der Waals surface area contributed by atoms with Crippen molar-refractivity contribution < 1.29 is 23.6 Å². The van der Waals surface area contributed by atoms with Crippen LogP contribution in [-0.4, -0.2) is 38.9 Å². The molecule has 0 N–H and O–H groups in total. The molecule has 0 unspecified atom stereocenters. The van der Waals surface area contributed by atoms with Crippen LogP contribution in [0.1, 0.15) is 25.7 Å². The van der Waals surface area contributed by atoms with E-state index in [2.05, 4.69) is 10.1 Å². The summed E-state index contributed by atoms with van der Waals surface area (Å²) in [5.74, 6) is -1.69. The van der Waals surface area contributed by atoms with Gasteiger partial charge in [-0.2, -0.15) is 4.98 Å². The van der Waals surface area contributed by atoms with Crippen molar-refractivity contribution in [3.8, 4) is 11.4 Å². The number of amides is 2. The van der Waals surface area contributed by atoms with Crippen LogP contribution in [0.15, 0.2) is 40.9 Å². The smallest absolute Gasteiger partial charge is 0.329 e. The van der Waals surface area contributed by atoms with E-state index in [1.165, 1.54) is 6.92 Å². The van der Waals surface area contributed by atoms with Gasteiger partial charge >= 0.3 is 5.97 Å². The van der Waals surface area contributed by atoms with Crippen LogP contribution in [0, 0.1) is 11.8 Å². The van der Waals surface area contributed by atoms with Crippen molar-refractivity contribution in [3.63, 3.8) is 0 Å². The molecule has 0 radical (unpaired) electrons. The third kappa shape index (κ3) is 3.67. The molecule has 2 aliphatic rings. The predicted molar refractivity (Wildman–Crippen MR) is 101 cm³/mol. The molecule has 3 atom stereocenters. The Balaban J connectivity index is 1.38. The van der Waals surface area contributed by atoms with Crippen molar-refractivity contribution in [2.24, 2.45) is 11.8 Å². The summed E-state index contributed by atoms with van der Waals surface area (Å²) in [4.78, 5) is 42.8. The minimum atomic E-state index is -1.01. The first kappa shape index (κ1) is 19.3. The normalized spacial score (nSPS) is 21.9. The maximum Gasteiger partial charge on any atom is 0.329 e. The van der Waals surface area contributed by atoms with E-state index >= 15 is 0 Å². The van der Waals surface area contributed by atoms with E-state index in [1.54, 1.807) is 24.3 Å². The maximum atomic E-state index is 12.6. The topological polar surface area (TPSA) is 103 Å². The quantitative estimate of drug-likeness (QED) is 0.420. The molecule has 1 aromatic heterocycles. The van der Waals surface area contributed by atoms with Gasteiger partial charge in [0.2, 0.25) is 17.6 Å². The Morgan fingerprint density at radius 1 is 1.21 bits per heavy atom. The summed E-state index contributed by atoms with van der Waals surface area (Å²) in [6.07, 6.45) is 4.82. The first-order valence-corrected chi connectivity index (χ1v) is 9.60. The second kappa shape index (κ2) is 7.79. The fraction of sp³-hybridized carbons (Fsp3) is 0.350. The van der Waals surface area contributed by atoms with Crippen LogP contribution in [0.2, 0.25) is 5.02 Å². The summed E-state index contributed by atoms with van der Waals surface area (Å²) in [5.41, 5.74) is 0.702. The van der Waals surface area contributed by atoms with Gasteiger partial charge in [-0.05, 0) is 44.0 Å². The Bertz CT molecular complexity index is 958. The molecule has 0 spiro atoms. The van der Waals surface area contributed by atoms with E-state index in [1.807, 2.05) is 12.2 Å². The zero-order chi connectivity index (χ0) is 20.5. The number of nitrogens with zero attached hydrogens (tertiary/aromatic N) is 3. The van der Waals surface area contributed by atoms with Gasteiger partial charge < -0.3 is 9.26 Å². The fourth-order valence-corrected chi connectivity index (χ4v) is 3.72. The van der Waals surface area contributed by atoms with Crippen molar-refractivity contribution in [1.82, 2.24) is 15.0 Å². The third-order valence-electron chi connectivity index (χ3n) is 5.18. The van der Waals surface area contributed by atoms with Crippen LogP contribution in [0.5, 0.6) is 0 Å². The first-order valence-electron chi connectivity index (χ1n) is 9.23. The molecule has 2 amide bonds. The maximum absolute atomic E-state index is 12.6. The lowest BCUT2D eigenvalue weighted by molar-refractivity contribution is -0.159. The Morgan fingerprint density at radius 2 is 1.83 bits per heavy atom. The van der Waals surface area contributed by atoms with Crippen LogP contribution in [0.3, 0.4) is 0 Å². The predicted octanol–water partition coefficient (Wildman–Crippen LogP) is 2.77. The Kier molecular flexibility index (Phi) is 5.19. The number of aromatic nitrogens is 2. The SMILES string of the molecule is C[C@@H](C(=O)OCc1nc(-c2ccc(Cl)cc2)no1)N1C(=O)[C@H]2CC=CC[C@@H]2C1=O. The molecule has 1 aliphatic carbocycles. The van der Waals surface area contributed by atoms with Crippen LogP contribution < -0.4 is 0 Å². The van der Waals surface area contributed by atoms with Gasteiger partial charge in [0, 0.05) is 10.6 Å². The van der Waals surface area contributed by atoms with E-state index in [-0.39, 0.29) is 36.1 Å². The van der Waals surface area contributed by atoms with Gasteiger partial charge in [-0.1, -0.05) is 28.9 Å². The van der Waals surface area contributed by atoms with E-state index in [4.69, 9.17) is 20.9 Å². The number of likely N-dealkylation sites (tertiary alicyclic amines) is 1. The van der Waals surface area contributed by atoms with E-state index in [0.29, 0.717) is 29.3 Å². The number of rotatable bonds is 5. The molecule has 4 rings (SSSR count). The van der Waals surface area contributed by atoms with Crippen LogP contribution in [0.25, 0.3) is 11.4 Å². The highest BCUT2D eigenvalue weighted by atomic mass is 35.5. The number of benzene rings is 1. The van der Waals surface area contributed by atoms with Crippen molar-refractivity contribution in [2.75, 3.05) is 0 Å². The monoisotopic (exact) mass is 415 g/mol. The summed E-state index contributed by atoms with van der Waals surface area (Å²) < 4.78 is 10.3. The minimum Gasteiger partial charge on any atom is -0.454 e. The largest absolute Gasteiger partial charge is 0.454 e. The molecule has 2 aromatic rings. The molecule has 1 saturated heterocycles. The molecule has 0 saturated carbocycles. The minimum absolute atomic E-state index is 0.104. The summed E-state index contributed by atoms with van der Waals surface area (Å²) in [6, 6.07) is 5.87. The zero-order valence-electron chi connectivity index (χ0n) is 15.6. The van der Waals surface area contributed by atoms with Gasteiger partial charge in [0.1, 0.15) is 6.04 Å². The Morgan fingerprint density at radius 3 is 2.45 bits per heavy atom. The molecular weight excluding hydrogens is 398 g/mol. The summed E-state index contributed by atoms with van der Waals surface area (Å²) in [5, 5.41) is 4.43. The van der Waals surface area contributed by atoms with Crippen molar-refractivity contribution >= 4 is 29.4 Å².